The van der Waals surface area contributed by atoms with Crippen LogP contribution in [-0.4, -0.2) is 15.6 Å². The maximum atomic E-state index is 12.5. The van der Waals surface area contributed by atoms with Crippen molar-refractivity contribution in [2.75, 3.05) is 0 Å². The zero-order valence-corrected chi connectivity index (χ0v) is 14.9. The van der Waals surface area contributed by atoms with E-state index in [0.29, 0.717) is 26.6 Å². The standard InChI is InChI=1S/C15H15BrCl2N2O/c1-3-11-15(18)12(20(4-2)19-11)8-13(21)9-6-5-7-10(16)14(9)17/h5-7H,3-4,8H2,1-2H3. The molecule has 1 aromatic heterocycles. The first-order valence-corrected chi connectivity index (χ1v) is 8.25. The van der Waals surface area contributed by atoms with E-state index >= 15 is 0 Å². The van der Waals surface area contributed by atoms with Gasteiger partial charge in [-0.3, -0.25) is 9.48 Å². The summed E-state index contributed by atoms with van der Waals surface area (Å²) in [4.78, 5) is 12.5. The lowest BCUT2D eigenvalue weighted by molar-refractivity contribution is 0.0990. The average molecular weight is 390 g/mol. The van der Waals surface area contributed by atoms with Gasteiger partial charge in [0.1, 0.15) is 0 Å². The maximum Gasteiger partial charge on any atom is 0.170 e. The number of hydrogen-bond donors (Lipinski definition) is 0. The summed E-state index contributed by atoms with van der Waals surface area (Å²) < 4.78 is 2.49. The van der Waals surface area contributed by atoms with Gasteiger partial charge in [0.2, 0.25) is 0 Å². The Labute approximate surface area is 142 Å². The van der Waals surface area contributed by atoms with Gasteiger partial charge in [0, 0.05) is 16.6 Å². The third-order valence-corrected chi connectivity index (χ3v) is 5.01. The minimum atomic E-state index is -0.0690. The number of rotatable bonds is 5. The molecule has 2 aromatic rings. The predicted molar refractivity (Wildman–Crippen MR) is 89.5 cm³/mol. The Bertz CT molecular complexity index is 683. The molecule has 0 bridgehead atoms. The average Bonchev–Trinajstić information content (AvgIpc) is 2.78. The third-order valence-electron chi connectivity index (χ3n) is 3.27. The first-order valence-electron chi connectivity index (χ1n) is 6.70. The number of ketones is 1. The molecule has 0 aliphatic heterocycles. The number of carbonyl (C=O) groups is 1. The fraction of sp³-hybridized carbons (Fsp3) is 0.333. The summed E-state index contributed by atoms with van der Waals surface area (Å²) in [6, 6.07) is 5.31. The zero-order chi connectivity index (χ0) is 15.6. The second-order valence-electron chi connectivity index (χ2n) is 4.58. The minimum Gasteiger partial charge on any atom is -0.294 e. The summed E-state index contributed by atoms with van der Waals surface area (Å²) in [5, 5.41) is 5.43. The molecule has 0 saturated carbocycles. The number of aromatic nitrogens is 2. The summed E-state index contributed by atoms with van der Waals surface area (Å²) in [5.41, 5.74) is 2.06. The molecular weight excluding hydrogens is 375 g/mol. The summed E-state index contributed by atoms with van der Waals surface area (Å²) in [6.45, 7) is 4.64. The van der Waals surface area contributed by atoms with Crippen LogP contribution < -0.4 is 0 Å². The van der Waals surface area contributed by atoms with Gasteiger partial charge < -0.3 is 0 Å². The Balaban J connectivity index is 2.36. The normalized spacial score (nSPS) is 10.9. The van der Waals surface area contributed by atoms with E-state index in [1.165, 1.54) is 0 Å². The molecule has 0 N–H and O–H groups in total. The Morgan fingerprint density at radius 2 is 2.00 bits per heavy atom. The molecular formula is C15H15BrCl2N2O. The first kappa shape index (κ1) is 16.5. The van der Waals surface area contributed by atoms with Crippen molar-refractivity contribution in [1.82, 2.24) is 9.78 Å². The van der Waals surface area contributed by atoms with Gasteiger partial charge in [0.25, 0.3) is 0 Å². The van der Waals surface area contributed by atoms with Gasteiger partial charge in [-0.05, 0) is 41.4 Å². The molecule has 0 fully saturated rings. The fourth-order valence-corrected chi connectivity index (χ4v) is 3.09. The Kier molecular flexibility index (Phi) is 5.47. The van der Waals surface area contributed by atoms with Gasteiger partial charge in [-0.15, -0.1) is 0 Å². The van der Waals surface area contributed by atoms with E-state index in [1.54, 1.807) is 22.9 Å². The van der Waals surface area contributed by atoms with Gasteiger partial charge in [0.05, 0.1) is 27.9 Å². The van der Waals surface area contributed by atoms with Gasteiger partial charge in [-0.25, -0.2) is 0 Å². The van der Waals surface area contributed by atoms with Crippen LogP contribution in [0.5, 0.6) is 0 Å². The van der Waals surface area contributed by atoms with Crippen LogP contribution in [0.1, 0.15) is 35.6 Å². The molecule has 0 saturated heterocycles. The second-order valence-corrected chi connectivity index (χ2v) is 6.19. The number of aryl methyl sites for hydroxylation is 2. The molecule has 0 radical (unpaired) electrons. The Hall–Kier alpha value is -0.840. The number of Topliss-reactive ketones (excluding diaryl/α,β-unsaturated/α-hetero) is 1. The molecule has 0 atom stereocenters. The van der Waals surface area contributed by atoms with Crippen molar-refractivity contribution < 1.29 is 4.79 Å². The van der Waals surface area contributed by atoms with Crippen LogP contribution in [0.25, 0.3) is 0 Å². The molecule has 1 heterocycles. The van der Waals surface area contributed by atoms with Gasteiger partial charge in [0.15, 0.2) is 5.78 Å². The van der Waals surface area contributed by atoms with Crippen molar-refractivity contribution >= 4 is 44.9 Å². The molecule has 112 valence electrons. The van der Waals surface area contributed by atoms with E-state index in [-0.39, 0.29) is 12.2 Å². The molecule has 3 nitrogen and oxygen atoms in total. The molecule has 0 amide bonds. The number of benzene rings is 1. The largest absolute Gasteiger partial charge is 0.294 e. The second kappa shape index (κ2) is 6.95. The lowest BCUT2D eigenvalue weighted by Gasteiger charge is -2.07. The van der Waals surface area contributed by atoms with Crippen molar-refractivity contribution in [2.24, 2.45) is 0 Å². The number of halogens is 3. The number of carbonyl (C=O) groups excluding carboxylic acids is 1. The van der Waals surface area contributed by atoms with E-state index in [1.807, 2.05) is 13.8 Å². The minimum absolute atomic E-state index is 0.0690. The number of hydrogen-bond acceptors (Lipinski definition) is 2. The highest BCUT2D eigenvalue weighted by molar-refractivity contribution is 9.10. The molecule has 1 aromatic carbocycles. The molecule has 6 heteroatoms. The van der Waals surface area contributed by atoms with Crippen LogP contribution in [-0.2, 0) is 19.4 Å². The number of nitrogens with zero attached hydrogens (tertiary/aromatic N) is 2. The van der Waals surface area contributed by atoms with Crippen LogP contribution in [0, 0.1) is 0 Å². The van der Waals surface area contributed by atoms with E-state index in [4.69, 9.17) is 23.2 Å². The van der Waals surface area contributed by atoms with Crippen molar-refractivity contribution in [3.8, 4) is 0 Å². The SMILES string of the molecule is CCc1nn(CC)c(CC(=O)c2cccc(Br)c2Cl)c1Cl. The molecule has 0 spiro atoms. The van der Waals surface area contributed by atoms with E-state index in [2.05, 4.69) is 21.0 Å². The quantitative estimate of drug-likeness (QED) is 0.677. The highest BCUT2D eigenvalue weighted by atomic mass is 79.9. The summed E-state index contributed by atoms with van der Waals surface area (Å²) in [7, 11) is 0. The lowest BCUT2D eigenvalue weighted by atomic mass is 10.1. The molecule has 21 heavy (non-hydrogen) atoms. The predicted octanol–water partition coefficient (Wildman–Crippen LogP) is 4.96. The topological polar surface area (TPSA) is 34.9 Å². The molecule has 0 unspecified atom stereocenters. The summed E-state index contributed by atoms with van der Waals surface area (Å²) in [5.74, 6) is -0.0690. The van der Waals surface area contributed by atoms with Crippen molar-refractivity contribution in [3.05, 3.63) is 49.7 Å². The molecule has 0 aliphatic carbocycles. The highest BCUT2D eigenvalue weighted by Crippen LogP contribution is 2.28. The summed E-state index contributed by atoms with van der Waals surface area (Å²) >= 11 is 15.8. The van der Waals surface area contributed by atoms with Crippen LogP contribution in [0.4, 0.5) is 0 Å². The van der Waals surface area contributed by atoms with Gasteiger partial charge in [-0.2, -0.15) is 5.10 Å². The van der Waals surface area contributed by atoms with Gasteiger partial charge >= 0.3 is 0 Å². The van der Waals surface area contributed by atoms with Gasteiger partial charge in [-0.1, -0.05) is 36.2 Å². The maximum absolute atomic E-state index is 12.5. The van der Waals surface area contributed by atoms with Crippen LogP contribution in [0.2, 0.25) is 10.0 Å². The lowest BCUT2D eigenvalue weighted by Crippen LogP contribution is -2.10. The monoisotopic (exact) mass is 388 g/mol. The first-order chi connectivity index (χ1) is 9.99. The highest BCUT2D eigenvalue weighted by Gasteiger charge is 2.20. The third kappa shape index (κ3) is 3.33. The van der Waals surface area contributed by atoms with Crippen molar-refractivity contribution in [1.29, 1.82) is 0 Å². The molecule has 2 rings (SSSR count). The van der Waals surface area contributed by atoms with E-state index < -0.39 is 0 Å². The van der Waals surface area contributed by atoms with E-state index in [9.17, 15) is 4.79 Å². The summed E-state index contributed by atoms with van der Waals surface area (Å²) in [6.07, 6.45) is 0.931. The fourth-order valence-electron chi connectivity index (χ4n) is 2.15. The van der Waals surface area contributed by atoms with Crippen molar-refractivity contribution in [2.45, 2.75) is 33.2 Å². The van der Waals surface area contributed by atoms with Crippen LogP contribution in [0.3, 0.4) is 0 Å². The van der Waals surface area contributed by atoms with Crippen LogP contribution in [0.15, 0.2) is 22.7 Å². The zero-order valence-electron chi connectivity index (χ0n) is 11.8. The van der Waals surface area contributed by atoms with Crippen LogP contribution >= 0.6 is 39.1 Å². The Morgan fingerprint density at radius 3 is 2.62 bits per heavy atom. The molecule has 0 aliphatic rings. The smallest absolute Gasteiger partial charge is 0.170 e. The Morgan fingerprint density at radius 1 is 1.29 bits per heavy atom. The van der Waals surface area contributed by atoms with E-state index in [0.717, 1.165) is 17.8 Å². The van der Waals surface area contributed by atoms with Crippen molar-refractivity contribution in [3.63, 3.8) is 0 Å².